The fourth-order valence-corrected chi connectivity index (χ4v) is 1.76. The molecule has 0 aliphatic carbocycles. The van der Waals surface area contributed by atoms with Crippen molar-refractivity contribution in [1.82, 2.24) is 5.27 Å². The van der Waals surface area contributed by atoms with E-state index in [-0.39, 0.29) is 12.4 Å². The van der Waals surface area contributed by atoms with Crippen LogP contribution in [0.5, 0.6) is 0 Å². The van der Waals surface area contributed by atoms with E-state index < -0.39 is 0 Å². The first kappa shape index (κ1) is 11.1. The number of hydrogen-bond donors (Lipinski definition) is 1. The van der Waals surface area contributed by atoms with Gasteiger partial charge in [-0.1, -0.05) is 0 Å². The second-order valence-electron chi connectivity index (χ2n) is 3.53. The third-order valence-electron chi connectivity index (χ3n) is 2.50. The number of nitrogens with zero attached hydrogens (tertiary/aromatic N) is 3. The average molecular weight is 219 g/mol. The lowest BCUT2D eigenvalue weighted by Crippen LogP contribution is -3.00. The van der Waals surface area contributed by atoms with Gasteiger partial charge in [0.2, 0.25) is 5.27 Å². The first-order valence-electron chi connectivity index (χ1n) is 4.68. The fourth-order valence-electron chi connectivity index (χ4n) is 1.76. The molecule has 0 spiro atoms. The van der Waals surface area contributed by atoms with E-state index in [1.807, 2.05) is 0 Å². The van der Waals surface area contributed by atoms with Crippen molar-refractivity contribution in [2.24, 2.45) is 0 Å². The Labute approximate surface area is 89.2 Å². The largest absolute Gasteiger partial charge is 1.00 e. The fraction of sp³-hybridized carbons (Fsp3) is 0.750. The number of nitrogens with two attached hydrogens (primary N) is 1. The topological polar surface area (TPSA) is 59.2 Å². The first-order chi connectivity index (χ1) is 6.27. The van der Waals surface area contributed by atoms with Gasteiger partial charge >= 0.3 is 0 Å². The Bertz CT molecular complexity index is 291. The maximum atomic E-state index is 5.45. The van der Waals surface area contributed by atoms with Gasteiger partial charge in [-0.25, -0.2) is 0 Å². The Balaban J connectivity index is 0.000000980. The molecule has 5 nitrogen and oxygen atoms in total. The van der Waals surface area contributed by atoms with Crippen molar-refractivity contribution in [1.29, 1.82) is 0 Å². The molecule has 1 unspecified atom stereocenters. The molecule has 1 aromatic rings. The lowest BCUT2D eigenvalue weighted by atomic mass is 10.1. The minimum atomic E-state index is 0. The highest BCUT2D eigenvalue weighted by Crippen LogP contribution is 2.11. The molecule has 2 N–H and O–H groups in total. The van der Waals surface area contributed by atoms with Crippen molar-refractivity contribution in [3.8, 4) is 0 Å². The molecule has 1 aliphatic rings. The Morgan fingerprint density at radius 1 is 1.64 bits per heavy atom. The average Bonchev–Trinajstić information content (AvgIpc) is 2.53. The van der Waals surface area contributed by atoms with E-state index in [0.717, 1.165) is 6.54 Å². The second kappa shape index (κ2) is 4.50. The highest BCUT2D eigenvalue weighted by atomic mass is 35.5. The smallest absolute Gasteiger partial charge is 0.296 e. The van der Waals surface area contributed by atoms with Crippen molar-refractivity contribution in [3.05, 3.63) is 6.20 Å². The van der Waals surface area contributed by atoms with E-state index in [4.69, 9.17) is 10.3 Å². The van der Waals surface area contributed by atoms with Crippen molar-refractivity contribution >= 4 is 5.88 Å². The molecular formula is C8H15ClN4O. The Morgan fingerprint density at radius 2 is 2.43 bits per heavy atom. The van der Waals surface area contributed by atoms with Crippen LogP contribution in [-0.2, 0) is 0 Å². The van der Waals surface area contributed by atoms with Gasteiger partial charge in [0.05, 0.1) is 17.4 Å². The number of piperidine rings is 1. The van der Waals surface area contributed by atoms with Crippen LogP contribution in [0, 0.1) is 0 Å². The van der Waals surface area contributed by atoms with Crippen LogP contribution in [0.2, 0.25) is 0 Å². The van der Waals surface area contributed by atoms with Gasteiger partial charge in [-0.15, -0.1) is 0 Å². The molecule has 2 heterocycles. The normalized spacial score (nSPS) is 21.8. The van der Waals surface area contributed by atoms with E-state index in [1.54, 1.807) is 11.0 Å². The van der Waals surface area contributed by atoms with Gasteiger partial charge in [0.1, 0.15) is 0 Å². The molecule has 1 saturated heterocycles. The van der Waals surface area contributed by atoms with Crippen LogP contribution in [0.15, 0.2) is 10.7 Å². The predicted octanol–water partition coefficient (Wildman–Crippen LogP) is -2.94. The van der Waals surface area contributed by atoms with Gasteiger partial charge in [0, 0.05) is 0 Å². The highest BCUT2D eigenvalue weighted by Gasteiger charge is 2.27. The molecular weight excluding hydrogens is 204 g/mol. The summed E-state index contributed by atoms with van der Waals surface area (Å²) in [5.41, 5.74) is 5.45. The molecule has 0 bridgehead atoms. The number of nitrogen functional groups attached to an aromatic ring is 1. The third kappa shape index (κ3) is 2.09. The lowest BCUT2D eigenvalue weighted by molar-refractivity contribution is -0.762. The Hall–Kier alpha value is -0.970. The Morgan fingerprint density at radius 3 is 3.00 bits per heavy atom. The molecule has 0 saturated carbocycles. The Kier molecular flexibility index (Phi) is 3.57. The zero-order valence-corrected chi connectivity index (χ0v) is 8.94. The van der Waals surface area contributed by atoms with Crippen molar-refractivity contribution in [2.75, 3.05) is 17.3 Å². The summed E-state index contributed by atoms with van der Waals surface area (Å²) in [6.07, 6.45) is 5.43. The van der Waals surface area contributed by atoms with Gasteiger partial charge in [-0.05, 0) is 26.2 Å². The SMILES string of the molecule is CC1CCCCN1[n+]1cc(N)on1.[Cl-]. The summed E-state index contributed by atoms with van der Waals surface area (Å²) in [4.78, 5) is 1.71. The van der Waals surface area contributed by atoms with Crippen LogP contribution >= 0.6 is 0 Å². The number of hydrogen-bond acceptors (Lipinski definition) is 4. The van der Waals surface area contributed by atoms with E-state index in [1.165, 1.54) is 19.3 Å². The third-order valence-corrected chi connectivity index (χ3v) is 2.50. The molecule has 0 radical (unpaired) electrons. The van der Waals surface area contributed by atoms with Gasteiger partial charge in [-0.2, -0.15) is 5.01 Å². The van der Waals surface area contributed by atoms with Crippen LogP contribution in [0.4, 0.5) is 5.88 Å². The van der Waals surface area contributed by atoms with Crippen LogP contribution in [0.25, 0.3) is 0 Å². The minimum Gasteiger partial charge on any atom is -1.00 e. The van der Waals surface area contributed by atoms with Crippen LogP contribution in [-0.4, -0.2) is 17.9 Å². The summed E-state index contributed by atoms with van der Waals surface area (Å²) in [5, 5.41) is 6.00. The molecule has 1 aliphatic heterocycles. The quantitative estimate of drug-likeness (QED) is 0.513. The van der Waals surface area contributed by atoms with Gasteiger partial charge in [-0.3, -0.25) is 4.52 Å². The van der Waals surface area contributed by atoms with Crippen LogP contribution in [0.3, 0.4) is 0 Å². The zero-order valence-electron chi connectivity index (χ0n) is 8.19. The number of aromatic nitrogens is 2. The summed E-state index contributed by atoms with van der Waals surface area (Å²) in [6.45, 7) is 3.22. The molecule has 1 atom stereocenters. The van der Waals surface area contributed by atoms with Crippen molar-refractivity contribution < 1.29 is 21.7 Å². The molecule has 14 heavy (non-hydrogen) atoms. The number of rotatable bonds is 1. The summed E-state index contributed by atoms with van der Waals surface area (Å²) in [6, 6.07) is 0.517. The maximum absolute atomic E-state index is 5.45. The minimum absolute atomic E-state index is 0. The van der Waals surface area contributed by atoms with Gasteiger partial charge in [0.15, 0.2) is 0 Å². The van der Waals surface area contributed by atoms with Crippen molar-refractivity contribution in [3.63, 3.8) is 0 Å². The summed E-state index contributed by atoms with van der Waals surface area (Å²) in [5.74, 6) is 0.359. The summed E-state index contributed by atoms with van der Waals surface area (Å²) in [7, 11) is 0. The molecule has 1 fully saturated rings. The maximum Gasteiger partial charge on any atom is 0.296 e. The van der Waals surface area contributed by atoms with Crippen LogP contribution in [0.1, 0.15) is 26.2 Å². The standard InChI is InChI=1S/C8H15N4O.ClH/c1-7-4-2-3-5-11(7)12-6-8(9)13-10-12;/h6-7H,2-5,9H2,1H3;1H/q+1;/p-1. The van der Waals surface area contributed by atoms with E-state index in [9.17, 15) is 0 Å². The highest BCUT2D eigenvalue weighted by molar-refractivity contribution is 5.11. The zero-order chi connectivity index (χ0) is 9.26. The van der Waals surface area contributed by atoms with Gasteiger partial charge < -0.3 is 18.1 Å². The van der Waals surface area contributed by atoms with Crippen LogP contribution < -0.4 is 27.9 Å². The number of anilines is 1. The predicted molar refractivity (Wildman–Crippen MR) is 47.5 cm³/mol. The van der Waals surface area contributed by atoms with Crippen molar-refractivity contribution in [2.45, 2.75) is 32.2 Å². The lowest BCUT2D eigenvalue weighted by Gasteiger charge is -2.25. The van der Waals surface area contributed by atoms with E-state index in [2.05, 4.69) is 17.2 Å². The number of halogens is 1. The molecule has 0 amide bonds. The summed E-state index contributed by atoms with van der Waals surface area (Å²) >= 11 is 0. The molecule has 6 heteroatoms. The van der Waals surface area contributed by atoms with E-state index >= 15 is 0 Å². The van der Waals surface area contributed by atoms with Gasteiger partial charge in [0.25, 0.3) is 12.1 Å². The first-order valence-corrected chi connectivity index (χ1v) is 4.68. The van der Waals surface area contributed by atoms with E-state index in [0.29, 0.717) is 11.9 Å². The molecule has 1 aromatic heterocycles. The second-order valence-corrected chi connectivity index (χ2v) is 3.53. The monoisotopic (exact) mass is 218 g/mol. The molecule has 0 aromatic carbocycles. The summed E-state index contributed by atoms with van der Waals surface area (Å²) < 4.78 is 4.82. The molecule has 80 valence electrons. The molecule has 2 rings (SSSR count).